The van der Waals surface area contributed by atoms with Crippen LogP contribution >= 0.6 is 23.2 Å². The fraction of sp³-hybridized carbons (Fsp3) is 0.462. The largest absolute Gasteiger partial charge is 0.481 e. The lowest BCUT2D eigenvalue weighted by Crippen LogP contribution is -2.57. The molecule has 1 heterocycles. The molecule has 2 aromatic carbocycles. The van der Waals surface area contributed by atoms with Crippen LogP contribution in [-0.2, 0) is 20.7 Å². The lowest BCUT2D eigenvalue weighted by Gasteiger charge is -2.52. The fourth-order valence-electron chi connectivity index (χ4n) is 5.55. The Hall–Kier alpha value is -1.93. The zero-order chi connectivity index (χ0) is 25.3. The molecule has 0 bridgehead atoms. The molecule has 2 aliphatic rings. The minimum atomic E-state index is -1.99. The van der Waals surface area contributed by atoms with Crippen LogP contribution in [-0.4, -0.2) is 42.4 Å². The summed E-state index contributed by atoms with van der Waals surface area (Å²) in [5, 5.41) is 10.8. The maximum absolute atomic E-state index is 14.2. The van der Waals surface area contributed by atoms with Crippen molar-refractivity contribution in [1.29, 1.82) is 0 Å². The standard InChI is InChI=1S/C26H29Cl2NO5S/c1-26(15-23(30)31)14-21(18-3-2-4-20(28)13-18)24(17-7-9-19(27)10-8-17)29(25(26)32)22(16-5-6-16)11-12-35(33)34/h2-4,7-10,13,16,21-22,24H,5-6,11-12,14-15H2,1H3,(H,30,31)(H,33,34). The van der Waals surface area contributed by atoms with Crippen LogP contribution in [0, 0.1) is 11.3 Å². The molecule has 5 unspecified atom stereocenters. The molecule has 6 nitrogen and oxygen atoms in total. The van der Waals surface area contributed by atoms with Gasteiger partial charge in [0.1, 0.15) is 0 Å². The summed E-state index contributed by atoms with van der Waals surface area (Å²) in [6.45, 7) is 1.72. The Bertz CT molecular complexity index is 1120. The Labute approximate surface area is 217 Å². The van der Waals surface area contributed by atoms with Gasteiger partial charge in [0, 0.05) is 22.0 Å². The van der Waals surface area contributed by atoms with Crippen molar-refractivity contribution in [3.8, 4) is 0 Å². The highest BCUT2D eigenvalue weighted by Gasteiger charge is 2.54. The molecule has 188 valence electrons. The van der Waals surface area contributed by atoms with E-state index < -0.39 is 28.5 Å². The zero-order valence-electron chi connectivity index (χ0n) is 19.4. The molecule has 1 aliphatic carbocycles. The van der Waals surface area contributed by atoms with Gasteiger partial charge in [-0.3, -0.25) is 9.59 Å². The first-order valence-corrected chi connectivity index (χ1v) is 13.7. The van der Waals surface area contributed by atoms with Crippen molar-refractivity contribution >= 4 is 46.2 Å². The number of rotatable bonds is 9. The molecule has 2 N–H and O–H groups in total. The lowest BCUT2D eigenvalue weighted by atomic mass is 9.67. The summed E-state index contributed by atoms with van der Waals surface area (Å²) in [6.07, 6.45) is 2.27. The fourth-order valence-corrected chi connectivity index (χ4v) is 6.32. The molecule has 9 heteroatoms. The Morgan fingerprint density at radius 3 is 2.40 bits per heavy atom. The molecular formula is C26H29Cl2NO5S. The van der Waals surface area contributed by atoms with Crippen molar-refractivity contribution in [2.24, 2.45) is 11.3 Å². The molecule has 0 spiro atoms. The summed E-state index contributed by atoms with van der Waals surface area (Å²) in [6, 6.07) is 14.2. The van der Waals surface area contributed by atoms with Crippen molar-refractivity contribution in [2.75, 3.05) is 5.75 Å². The molecule has 4 rings (SSSR count). The first-order valence-electron chi connectivity index (χ1n) is 11.7. The SMILES string of the molecule is CC1(CC(=O)O)CC(c2cccc(Cl)c2)C(c2ccc(Cl)cc2)N(C(CCS(=O)O)C2CC2)C1=O. The minimum Gasteiger partial charge on any atom is -0.481 e. The van der Waals surface area contributed by atoms with E-state index in [-0.39, 0.29) is 36.0 Å². The number of likely N-dealkylation sites (tertiary alicyclic amines) is 1. The Balaban J connectivity index is 1.89. The Morgan fingerprint density at radius 1 is 1.14 bits per heavy atom. The van der Waals surface area contributed by atoms with Crippen LogP contribution in [0.5, 0.6) is 0 Å². The van der Waals surface area contributed by atoms with E-state index in [2.05, 4.69) is 0 Å². The summed E-state index contributed by atoms with van der Waals surface area (Å²) in [5.74, 6) is -1.22. The third kappa shape index (κ3) is 5.91. The van der Waals surface area contributed by atoms with Crippen LogP contribution in [0.4, 0.5) is 0 Å². The number of hydrogen-bond donors (Lipinski definition) is 2. The van der Waals surface area contributed by atoms with Crippen LogP contribution in [0.2, 0.25) is 10.0 Å². The van der Waals surface area contributed by atoms with Crippen molar-refractivity contribution in [1.82, 2.24) is 4.90 Å². The number of nitrogens with zero attached hydrogens (tertiary/aromatic N) is 1. The number of carboxylic acid groups (broad SMARTS) is 1. The van der Waals surface area contributed by atoms with E-state index in [0.717, 1.165) is 24.0 Å². The maximum Gasteiger partial charge on any atom is 0.304 e. The number of benzene rings is 2. The zero-order valence-corrected chi connectivity index (χ0v) is 21.7. The van der Waals surface area contributed by atoms with Crippen LogP contribution in [0.25, 0.3) is 0 Å². The summed E-state index contributed by atoms with van der Waals surface area (Å²) in [4.78, 5) is 27.9. The van der Waals surface area contributed by atoms with Gasteiger partial charge in [0.25, 0.3) is 0 Å². The Kier molecular flexibility index (Phi) is 7.91. The number of carbonyl (C=O) groups is 2. The topological polar surface area (TPSA) is 94.9 Å². The maximum atomic E-state index is 14.2. The summed E-state index contributed by atoms with van der Waals surface area (Å²) in [7, 11) is 0. The molecule has 0 radical (unpaired) electrons. The predicted molar refractivity (Wildman–Crippen MR) is 137 cm³/mol. The van der Waals surface area contributed by atoms with E-state index in [1.807, 2.05) is 35.2 Å². The van der Waals surface area contributed by atoms with Crippen molar-refractivity contribution in [3.05, 3.63) is 69.7 Å². The second kappa shape index (κ2) is 10.6. The predicted octanol–water partition coefficient (Wildman–Crippen LogP) is 5.92. The summed E-state index contributed by atoms with van der Waals surface area (Å²) in [5.41, 5.74) is 0.681. The first-order chi connectivity index (χ1) is 16.6. The molecule has 1 saturated carbocycles. The quantitative estimate of drug-likeness (QED) is 0.387. The van der Waals surface area contributed by atoms with Crippen LogP contribution in [0.15, 0.2) is 48.5 Å². The summed E-state index contributed by atoms with van der Waals surface area (Å²) >= 11 is 10.5. The van der Waals surface area contributed by atoms with Crippen molar-refractivity contribution in [3.63, 3.8) is 0 Å². The van der Waals surface area contributed by atoms with Gasteiger partial charge in [-0.15, -0.1) is 0 Å². The molecule has 2 fully saturated rings. The summed E-state index contributed by atoms with van der Waals surface area (Å²) < 4.78 is 21.1. The van der Waals surface area contributed by atoms with E-state index >= 15 is 0 Å². The van der Waals surface area contributed by atoms with Gasteiger partial charge in [-0.2, -0.15) is 0 Å². The highest BCUT2D eigenvalue weighted by molar-refractivity contribution is 7.79. The smallest absolute Gasteiger partial charge is 0.304 e. The highest BCUT2D eigenvalue weighted by Crippen LogP contribution is 2.54. The van der Waals surface area contributed by atoms with E-state index in [0.29, 0.717) is 22.9 Å². The highest BCUT2D eigenvalue weighted by atomic mass is 35.5. The second-order valence-corrected chi connectivity index (χ2v) is 11.8. The molecule has 1 saturated heterocycles. The van der Waals surface area contributed by atoms with Gasteiger partial charge in [0.15, 0.2) is 11.1 Å². The number of hydrogen-bond acceptors (Lipinski definition) is 3. The van der Waals surface area contributed by atoms with Crippen LogP contribution < -0.4 is 0 Å². The monoisotopic (exact) mass is 537 g/mol. The van der Waals surface area contributed by atoms with Gasteiger partial charge < -0.3 is 14.6 Å². The van der Waals surface area contributed by atoms with Gasteiger partial charge in [-0.05, 0) is 67.0 Å². The van der Waals surface area contributed by atoms with Gasteiger partial charge in [0.2, 0.25) is 5.91 Å². The number of carbonyl (C=O) groups excluding carboxylic acids is 1. The number of amides is 1. The van der Waals surface area contributed by atoms with E-state index in [4.69, 9.17) is 23.2 Å². The molecule has 2 aromatic rings. The Morgan fingerprint density at radius 2 is 1.83 bits per heavy atom. The van der Waals surface area contributed by atoms with Gasteiger partial charge in [-0.25, -0.2) is 4.21 Å². The number of piperidine rings is 1. The molecule has 35 heavy (non-hydrogen) atoms. The van der Waals surface area contributed by atoms with Crippen LogP contribution in [0.1, 0.15) is 62.1 Å². The van der Waals surface area contributed by atoms with Crippen LogP contribution in [0.3, 0.4) is 0 Å². The van der Waals surface area contributed by atoms with E-state index in [9.17, 15) is 23.5 Å². The van der Waals surface area contributed by atoms with Crippen molar-refractivity contribution in [2.45, 2.75) is 57.0 Å². The third-order valence-electron chi connectivity index (χ3n) is 7.24. The average Bonchev–Trinajstić information content (AvgIpc) is 3.62. The van der Waals surface area contributed by atoms with Gasteiger partial charge >= 0.3 is 5.97 Å². The second-order valence-electron chi connectivity index (χ2n) is 9.92. The third-order valence-corrected chi connectivity index (χ3v) is 8.32. The van der Waals surface area contributed by atoms with Gasteiger partial charge in [0.05, 0.1) is 23.6 Å². The normalized spacial score (nSPS) is 26.4. The molecule has 1 aliphatic heterocycles. The number of halogens is 2. The van der Waals surface area contributed by atoms with E-state index in [1.54, 1.807) is 25.1 Å². The van der Waals surface area contributed by atoms with E-state index in [1.165, 1.54) is 0 Å². The van der Waals surface area contributed by atoms with Crippen molar-refractivity contribution < 1.29 is 23.5 Å². The number of aliphatic carboxylic acids is 1. The molecule has 1 amide bonds. The average molecular weight is 538 g/mol. The minimum absolute atomic E-state index is 0.0514. The van der Waals surface area contributed by atoms with Gasteiger partial charge in [-0.1, -0.05) is 54.4 Å². The lowest BCUT2D eigenvalue weighted by molar-refractivity contribution is -0.161. The molecule has 5 atom stereocenters. The molecular weight excluding hydrogens is 509 g/mol. The first kappa shape index (κ1) is 26.1. The number of carboxylic acids is 1. The molecule has 0 aromatic heterocycles.